The molecule has 0 spiro atoms. The summed E-state index contributed by atoms with van der Waals surface area (Å²) in [5.41, 5.74) is 21.7. The maximum Gasteiger partial charge on any atom is 0.0546 e. The smallest absolute Gasteiger partial charge is 0.0546 e. The molecule has 2 aliphatic rings. The first-order valence-electron chi connectivity index (χ1n) is 34.4. The highest BCUT2D eigenvalue weighted by molar-refractivity contribution is 6.21. The summed E-state index contributed by atoms with van der Waals surface area (Å²) in [5, 5.41) is 19.8. The van der Waals surface area contributed by atoms with Gasteiger partial charge in [0.15, 0.2) is 0 Å². The van der Waals surface area contributed by atoms with Gasteiger partial charge in [-0.3, -0.25) is 0 Å². The lowest BCUT2D eigenvalue weighted by atomic mass is 9.81. The molecule has 17 aromatic rings. The van der Waals surface area contributed by atoms with Crippen molar-refractivity contribution in [1.29, 1.82) is 0 Å². The van der Waals surface area contributed by atoms with E-state index >= 15 is 0 Å². The SMILES string of the molecule is CC1(C)c2cc(C=Cc3ccc(C=Cc4ccc5c(c4)C(C)(C)c4cc(N(c6cc7ccccc7c7ccccc67)c6cc7ccccc7c7ccccc67)ccc4-5)cc3)ccc2-c2ccc(N(c3cc4ccccc4c4ccccc34)c3cc4ccccc4c4ccccc34)cc21. The molecule has 0 heterocycles. The normalized spacial score (nSPS) is 13.6. The van der Waals surface area contributed by atoms with Gasteiger partial charge in [-0.1, -0.05) is 319 Å². The van der Waals surface area contributed by atoms with Crippen LogP contribution < -0.4 is 9.80 Å². The van der Waals surface area contributed by atoms with E-state index in [1.54, 1.807) is 0 Å². The maximum absolute atomic E-state index is 2.54. The van der Waals surface area contributed by atoms with Gasteiger partial charge in [0.1, 0.15) is 0 Å². The van der Waals surface area contributed by atoms with Gasteiger partial charge in [-0.15, -0.1) is 0 Å². The van der Waals surface area contributed by atoms with Crippen LogP contribution in [0.15, 0.2) is 315 Å². The van der Waals surface area contributed by atoms with Crippen LogP contribution in [0, 0.1) is 0 Å². The molecule has 19 rings (SSSR count). The molecule has 98 heavy (non-hydrogen) atoms. The molecule has 0 saturated heterocycles. The van der Waals surface area contributed by atoms with Gasteiger partial charge in [-0.2, -0.15) is 0 Å². The van der Waals surface area contributed by atoms with Crippen LogP contribution in [0.4, 0.5) is 34.1 Å². The summed E-state index contributed by atoms with van der Waals surface area (Å²) >= 11 is 0. The standard InChI is InChI=1S/C96H68N2/c1-95(2)87-53-63(45-49-79(87)81-51-47-69(59-89(81)95)97(91-55-65-21-5-9-25-71(65)75-29-13-17-33-83(75)91)92-56-66-22-6-10-26-72(66)76-30-14-18-34-84(76)92)43-41-61-37-39-62(40-38-61)42-44-64-46-50-80-82-52-48-70(60-90(82)96(3,4)88(80)54-64)98(93-57-67-23-7-11-27-73(67)77-31-15-19-35-85(77)93)94-58-68-24-8-12-28-74(68)78-32-16-20-36-86(78)94/h5-60H,1-4H3. The first-order chi connectivity index (χ1) is 48.1. The van der Waals surface area contributed by atoms with Crippen LogP contribution in [0.1, 0.15) is 72.2 Å². The quantitative estimate of drug-likeness (QED) is 0.0995. The molecular weight excluding hydrogens is 1180 g/mol. The molecule has 0 aromatic heterocycles. The van der Waals surface area contributed by atoms with E-state index in [1.165, 1.54) is 142 Å². The Bertz CT molecular complexity index is 5640. The van der Waals surface area contributed by atoms with E-state index < -0.39 is 0 Å². The summed E-state index contributed by atoms with van der Waals surface area (Å²) in [5.74, 6) is 0. The van der Waals surface area contributed by atoms with E-state index in [9.17, 15) is 0 Å². The van der Waals surface area contributed by atoms with Crippen LogP contribution in [0.2, 0.25) is 0 Å². The summed E-state index contributed by atoms with van der Waals surface area (Å²) in [6, 6.07) is 118. The third-order valence-electron chi connectivity index (χ3n) is 21.7. The van der Waals surface area contributed by atoms with Gasteiger partial charge in [0, 0.05) is 43.7 Å². The summed E-state index contributed by atoms with van der Waals surface area (Å²) in [7, 11) is 0. The molecule has 2 aliphatic carbocycles. The highest BCUT2D eigenvalue weighted by Gasteiger charge is 2.38. The Balaban J connectivity index is 0.608. The molecule has 17 aromatic carbocycles. The lowest BCUT2D eigenvalue weighted by Crippen LogP contribution is -2.17. The Morgan fingerprint density at radius 2 is 0.429 bits per heavy atom. The minimum absolute atomic E-state index is 0.255. The molecule has 0 amide bonds. The largest absolute Gasteiger partial charge is 0.309 e. The van der Waals surface area contributed by atoms with Crippen molar-refractivity contribution in [2.24, 2.45) is 0 Å². The fourth-order valence-corrected chi connectivity index (χ4v) is 16.8. The average molecular weight is 1250 g/mol. The van der Waals surface area contributed by atoms with Crippen molar-refractivity contribution >= 4 is 145 Å². The fourth-order valence-electron chi connectivity index (χ4n) is 16.8. The van der Waals surface area contributed by atoms with Gasteiger partial charge in [0.2, 0.25) is 0 Å². The van der Waals surface area contributed by atoms with Gasteiger partial charge >= 0.3 is 0 Å². The van der Waals surface area contributed by atoms with E-state index in [-0.39, 0.29) is 10.8 Å². The molecule has 0 bridgehead atoms. The van der Waals surface area contributed by atoms with Crippen LogP contribution in [-0.4, -0.2) is 0 Å². The zero-order chi connectivity index (χ0) is 65.4. The second kappa shape index (κ2) is 22.2. The minimum Gasteiger partial charge on any atom is -0.309 e. The molecule has 2 nitrogen and oxygen atoms in total. The zero-order valence-corrected chi connectivity index (χ0v) is 55.2. The van der Waals surface area contributed by atoms with E-state index in [0.717, 1.165) is 45.3 Å². The number of anilines is 6. The van der Waals surface area contributed by atoms with Gasteiger partial charge in [0.25, 0.3) is 0 Å². The molecular formula is C96H68N2. The van der Waals surface area contributed by atoms with Crippen molar-refractivity contribution in [3.05, 3.63) is 360 Å². The summed E-state index contributed by atoms with van der Waals surface area (Å²) in [6.45, 7) is 9.60. The molecule has 0 saturated carbocycles. The van der Waals surface area contributed by atoms with Crippen molar-refractivity contribution in [3.63, 3.8) is 0 Å². The topological polar surface area (TPSA) is 6.48 Å². The molecule has 0 atom stereocenters. The van der Waals surface area contributed by atoms with Crippen LogP contribution in [0.25, 0.3) is 133 Å². The number of hydrogen-bond acceptors (Lipinski definition) is 2. The predicted molar refractivity (Wildman–Crippen MR) is 422 cm³/mol. The van der Waals surface area contributed by atoms with E-state index in [1.807, 2.05) is 0 Å². The lowest BCUT2D eigenvalue weighted by molar-refractivity contribution is 0.660. The molecule has 462 valence electrons. The van der Waals surface area contributed by atoms with Gasteiger partial charge in [-0.25, -0.2) is 0 Å². The van der Waals surface area contributed by atoms with Crippen LogP contribution in [0.5, 0.6) is 0 Å². The number of hydrogen-bond donors (Lipinski definition) is 0. The van der Waals surface area contributed by atoms with Gasteiger partial charge in [-0.05, 0) is 180 Å². The molecule has 0 N–H and O–H groups in total. The highest BCUT2D eigenvalue weighted by Crippen LogP contribution is 2.55. The monoisotopic (exact) mass is 1250 g/mol. The third-order valence-corrected chi connectivity index (χ3v) is 21.7. The lowest BCUT2D eigenvalue weighted by Gasteiger charge is -2.31. The van der Waals surface area contributed by atoms with E-state index in [4.69, 9.17) is 0 Å². The minimum atomic E-state index is -0.255. The Morgan fingerprint density at radius 1 is 0.204 bits per heavy atom. The molecule has 0 radical (unpaired) electrons. The van der Waals surface area contributed by atoms with E-state index in [2.05, 4.69) is 377 Å². The van der Waals surface area contributed by atoms with Crippen LogP contribution in [0.3, 0.4) is 0 Å². The van der Waals surface area contributed by atoms with Crippen molar-refractivity contribution in [3.8, 4) is 22.3 Å². The number of benzene rings is 17. The number of fused-ring (bicyclic) bond motifs is 18. The van der Waals surface area contributed by atoms with Gasteiger partial charge in [0.05, 0.1) is 22.7 Å². The van der Waals surface area contributed by atoms with Gasteiger partial charge < -0.3 is 9.80 Å². The molecule has 0 fully saturated rings. The fraction of sp³-hybridized carbons (Fsp3) is 0.0625. The van der Waals surface area contributed by atoms with Crippen LogP contribution >= 0.6 is 0 Å². The number of nitrogens with zero attached hydrogens (tertiary/aromatic N) is 2. The third kappa shape index (κ3) is 9.09. The average Bonchev–Trinajstić information content (AvgIpc) is 1.37. The Hall–Kier alpha value is -12.1. The summed E-state index contributed by atoms with van der Waals surface area (Å²) in [6.07, 6.45) is 9.05. The maximum atomic E-state index is 2.54. The zero-order valence-electron chi connectivity index (χ0n) is 55.2. The summed E-state index contributed by atoms with van der Waals surface area (Å²) in [4.78, 5) is 5.08. The first-order valence-corrected chi connectivity index (χ1v) is 34.4. The second-order valence-corrected chi connectivity index (χ2v) is 28.0. The van der Waals surface area contributed by atoms with Crippen molar-refractivity contribution in [2.75, 3.05) is 9.80 Å². The van der Waals surface area contributed by atoms with E-state index in [0.29, 0.717) is 0 Å². The van der Waals surface area contributed by atoms with Crippen LogP contribution in [-0.2, 0) is 10.8 Å². The second-order valence-electron chi connectivity index (χ2n) is 28.0. The first kappa shape index (κ1) is 57.4. The van der Waals surface area contributed by atoms with Crippen molar-refractivity contribution in [2.45, 2.75) is 38.5 Å². The molecule has 0 aliphatic heterocycles. The Kier molecular flexibility index (Phi) is 13.0. The van der Waals surface area contributed by atoms with Crippen molar-refractivity contribution < 1.29 is 0 Å². The Labute approximate surface area is 571 Å². The Morgan fingerprint density at radius 3 is 0.724 bits per heavy atom. The number of rotatable bonds is 10. The molecule has 2 heteroatoms. The molecule has 0 unspecified atom stereocenters. The predicted octanol–water partition coefficient (Wildman–Crippen LogP) is 26.8. The van der Waals surface area contributed by atoms with Crippen molar-refractivity contribution in [1.82, 2.24) is 0 Å². The summed E-state index contributed by atoms with van der Waals surface area (Å²) < 4.78 is 0. The highest BCUT2D eigenvalue weighted by atomic mass is 15.2.